The minimum absolute atomic E-state index is 0.249. The number of likely N-dealkylation sites (tertiary alicyclic amines) is 1. The quantitative estimate of drug-likeness (QED) is 0.248. The van der Waals surface area contributed by atoms with Crippen LogP contribution >= 0.6 is 0 Å². The Kier molecular flexibility index (Phi) is 10.6. The molecule has 0 aliphatic carbocycles. The van der Waals surface area contributed by atoms with Crippen molar-refractivity contribution in [2.24, 2.45) is 13.0 Å². The molecule has 1 aromatic carbocycles. The maximum atomic E-state index is 13.8. The molecule has 2 aliphatic rings. The molecule has 7 nitrogen and oxygen atoms in total. The molecular weight excluding hydrogens is 486 g/mol. The molecule has 0 unspecified atom stereocenters. The molecule has 0 spiro atoms. The number of amides is 1. The molecule has 3 atom stereocenters. The molecule has 214 valence electrons. The van der Waals surface area contributed by atoms with Crippen molar-refractivity contribution in [3.05, 3.63) is 60.2 Å². The Hall–Kier alpha value is -2.64. The van der Waals surface area contributed by atoms with Gasteiger partial charge in [0.2, 0.25) is 5.91 Å². The number of hydrogen-bond acceptors (Lipinski definition) is 5. The van der Waals surface area contributed by atoms with Gasteiger partial charge in [-0.2, -0.15) is 0 Å². The summed E-state index contributed by atoms with van der Waals surface area (Å²) < 4.78 is 7.88. The minimum Gasteiger partial charge on any atom is -0.493 e. The molecule has 0 bridgehead atoms. The Morgan fingerprint density at radius 1 is 1.21 bits per heavy atom. The molecule has 2 aromatic rings. The van der Waals surface area contributed by atoms with E-state index in [2.05, 4.69) is 83.2 Å². The van der Waals surface area contributed by atoms with E-state index in [1.807, 2.05) is 12.4 Å². The molecule has 7 heteroatoms. The van der Waals surface area contributed by atoms with Crippen molar-refractivity contribution >= 4 is 5.91 Å². The third-order valence-electron chi connectivity index (χ3n) is 8.56. The molecule has 4 rings (SSSR count). The number of imidazole rings is 1. The van der Waals surface area contributed by atoms with Crippen LogP contribution in [0, 0.1) is 5.92 Å². The lowest BCUT2D eigenvalue weighted by molar-refractivity contribution is -0.133. The lowest BCUT2D eigenvalue weighted by atomic mass is 9.83. The Morgan fingerprint density at radius 3 is 2.72 bits per heavy atom. The smallest absolute Gasteiger partial charge is 0.236 e. The molecular formula is C32H49N5O2. The Morgan fingerprint density at radius 2 is 2.00 bits per heavy atom. The fourth-order valence-electron chi connectivity index (χ4n) is 6.29. The van der Waals surface area contributed by atoms with Gasteiger partial charge in [-0.15, -0.1) is 6.58 Å². The summed E-state index contributed by atoms with van der Waals surface area (Å²) in [7, 11) is 6.28. The van der Waals surface area contributed by atoms with Crippen LogP contribution in [0.4, 0.5) is 0 Å². The van der Waals surface area contributed by atoms with Gasteiger partial charge in [0.25, 0.3) is 0 Å². The zero-order valence-electron chi connectivity index (χ0n) is 24.6. The summed E-state index contributed by atoms with van der Waals surface area (Å²) in [6, 6.07) is 6.95. The number of carbonyl (C=O) groups excluding carboxylic acids is 1. The van der Waals surface area contributed by atoms with E-state index in [1.165, 1.54) is 11.1 Å². The van der Waals surface area contributed by atoms with Crippen LogP contribution in [0.25, 0.3) is 0 Å². The van der Waals surface area contributed by atoms with Gasteiger partial charge in [0, 0.05) is 69.8 Å². The second kappa shape index (κ2) is 14.1. The average Bonchev–Trinajstić information content (AvgIpc) is 3.64. The molecule has 39 heavy (non-hydrogen) atoms. The van der Waals surface area contributed by atoms with Crippen LogP contribution in [0.2, 0.25) is 0 Å². The lowest BCUT2D eigenvalue weighted by Crippen LogP contribution is -2.44. The van der Waals surface area contributed by atoms with Gasteiger partial charge in [-0.1, -0.05) is 31.6 Å². The molecule has 1 aromatic heterocycles. The van der Waals surface area contributed by atoms with Gasteiger partial charge < -0.3 is 19.1 Å². The van der Waals surface area contributed by atoms with Gasteiger partial charge in [0.05, 0.1) is 13.2 Å². The number of hydrogen-bond donors (Lipinski definition) is 0. The SMILES string of the molecule is C=C[C@@H]1[C@@H](c2ccc3c(c2)CCO3)CN(CC(=O)N(CCCC)CCCCN(C)C)[C@H]1CCc1nccn1C. The van der Waals surface area contributed by atoms with E-state index in [4.69, 9.17) is 4.74 Å². The molecule has 0 N–H and O–H groups in total. The third-order valence-corrected chi connectivity index (χ3v) is 8.56. The van der Waals surface area contributed by atoms with Gasteiger partial charge in [-0.3, -0.25) is 9.69 Å². The lowest BCUT2D eigenvalue weighted by Gasteiger charge is -2.30. The van der Waals surface area contributed by atoms with Crippen molar-refractivity contribution in [1.29, 1.82) is 0 Å². The molecule has 0 radical (unpaired) electrons. The highest BCUT2D eigenvalue weighted by Gasteiger charge is 2.41. The Bertz CT molecular complexity index is 1080. The second-order valence-corrected chi connectivity index (χ2v) is 11.6. The maximum absolute atomic E-state index is 13.8. The summed E-state index contributed by atoms with van der Waals surface area (Å²) in [5.74, 6) is 2.97. The largest absolute Gasteiger partial charge is 0.493 e. The van der Waals surface area contributed by atoms with Crippen LogP contribution in [0.5, 0.6) is 5.75 Å². The first kappa shape index (κ1) is 29.3. The van der Waals surface area contributed by atoms with Crippen molar-refractivity contribution in [1.82, 2.24) is 24.3 Å². The number of ether oxygens (including phenoxy) is 1. The number of unbranched alkanes of at least 4 members (excludes halogenated alkanes) is 2. The van der Waals surface area contributed by atoms with Crippen molar-refractivity contribution in [2.45, 2.75) is 63.8 Å². The fraction of sp³-hybridized carbons (Fsp3) is 0.625. The minimum atomic E-state index is 0.249. The molecule has 1 amide bonds. The van der Waals surface area contributed by atoms with E-state index in [1.54, 1.807) is 0 Å². The van der Waals surface area contributed by atoms with Gasteiger partial charge in [-0.25, -0.2) is 4.98 Å². The van der Waals surface area contributed by atoms with Crippen molar-refractivity contribution in [3.63, 3.8) is 0 Å². The van der Waals surface area contributed by atoms with E-state index < -0.39 is 0 Å². The number of rotatable bonds is 15. The zero-order chi connectivity index (χ0) is 27.8. The van der Waals surface area contributed by atoms with Gasteiger partial charge in [0.1, 0.15) is 11.6 Å². The van der Waals surface area contributed by atoms with Gasteiger partial charge in [0.15, 0.2) is 0 Å². The van der Waals surface area contributed by atoms with E-state index in [0.717, 1.165) is 89.3 Å². The predicted octanol–water partition coefficient (Wildman–Crippen LogP) is 4.53. The third kappa shape index (κ3) is 7.52. The van der Waals surface area contributed by atoms with Crippen molar-refractivity contribution in [2.75, 3.05) is 53.4 Å². The fourth-order valence-corrected chi connectivity index (χ4v) is 6.29. The number of nitrogens with zero attached hydrogens (tertiary/aromatic N) is 5. The summed E-state index contributed by atoms with van der Waals surface area (Å²) in [5.41, 5.74) is 2.64. The van der Waals surface area contributed by atoms with Crippen molar-refractivity contribution in [3.8, 4) is 5.75 Å². The predicted molar refractivity (Wildman–Crippen MR) is 158 cm³/mol. The van der Waals surface area contributed by atoms with E-state index >= 15 is 0 Å². The maximum Gasteiger partial charge on any atom is 0.236 e. The first-order valence-electron chi connectivity index (χ1n) is 14.9. The van der Waals surface area contributed by atoms with Gasteiger partial charge >= 0.3 is 0 Å². The zero-order valence-corrected chi connectivity index (χ0v) is 24.6. The topological polar surface area (TPSA) is 53.8 Å². The van der Waals surface area contributed by atoms with Crippen LogP contribution < -0.4 is 4.74 Å². The monoisotopic (exact) mass is 535 g/mol. The van der Waals surface area contributed by atoms with E-state index in [-0.39, 0.29) is 17.9 Å². The number of carbonyl (C=O) groups is 1. The van der Waals surface area contributed by atoms with Gasteiger partial charge in [-0.05, 0) is 63.5 Å². The van der Waals surface area contributed by atoms with Crippen LogP contribution in [-0.4, -0.2) is 89.6 Å². The summed E-state index contributed by atoms with van der Waals surface area (Å²) in [5, 5.41) is 0. The molecule has 1 saturated heterocycles. The average molecular weight is 536 g/mol. The molecule has 2 aliphatic heterocycles. The number of fused-ring (bicyclic) bond motifs is 1. The summed E-state index contributed by atoms with van der Waals surface area (Å²) >= 11 is 0. The summed E-state index contributed by atoms with van der Waals surface area (Å²) in [6.07, 6.45) is 13.1. The molecule has 3 heterocycles. The van der Waals surface area contributed by atoms with Crippen LogP contribution in [0.15, 0.2) is 43.2 Å². The van der Waals surface area contributed by atoms with Crippen molar-refractivity contribution < 1.29 is 9.53 Å². The normalized spacial score (nSPS) is 20.8. The second-order valence-electron chi connectivity index (χ2n) is 11.6. The highest BCUT2D eigenvalue weighted by molar-refractivity contribution is 5.78. The highest BCUT2D eigenvalue weighted by atomic mass is 16.5. The summed E-state index contributed by atoms with van der Waals surface area (Å²) in [4.78, 5) is 25.1. The molecule has 1 fully saturated rings. The van der Waals surface area contributed by atoms with Crippen LogP contribution in [0.1, 0.15) is 61.9 Å². The number of aromatic nitrogens is 2. The Labute approximate surface area is 235 Å². The van der Waals surface area contributed by atoms with Crippen LogP contribution in [0.3, 0.4) is 0 Å². The molecule has 0 saturated carbocycles. The van der Waals surface area contributed by atoms with Crippen LogP contribution in [-0.2, 0) is 24.7 Å². The number of aryl methyl sites for hydroxylation is 2. The standard InChI is InChI=1S/C32H49N5O2/c1-6-8-18-36(19-10-9-17-34(3)4)32(38)24-37-23-28(25-11-13-30-26(22-25)15-21-39-30)27(7-2)29(37)12-14-31-33-16-20-35(31)5/h7,11,13,16,20,22,27-29H,2,6,8-10,12,14-15,17-19,21,23-24H2,1,3-5H3/t27-,28-,29+/m1/s1. The first-order chi connectivity index (χ1) is 18.9. The highest BCUT2D eigenvalue weighted by Crippen LogP contribution is 2.41. The Balaban J connectivity index is 1.51. The first-order valence-corrected chi connectivity index (χ1v) is 14.9. The van der Waals surface area contributed by atoms with E-state index in [0.29, 0.717) is 12.5 Å². The van der Waals surface area contributed by atoms with E-state index in [9.17, 15) is 4.79 Å². The number of benzene rings is 1. The summed E-state index contributed by atoms with van der Waals surface area (Å²) in [6.45, 7) is 11.3.